The van der Waals surface area contributed by atoms with Crippen molar-refractivity contribution in [2.24, 2.45) is 39.4 Å². The molecule has 8 heteroatoms. The van der Waals surface area contributed by atoms with E-state index in [1.54, 1.807) is 6.92 Å². The molecule has 0 radical (unpaired) electrons. The molecule has 8 nitrogen and oxygen atoms in total. The van der Waals surface area contributed by atoms with Crippen LogP contribution in [0, 0.1) is 39.4 Å². The summed E-state index contributed by atoms with van der Waals surface area (Å²) in [5, 5.41) is 0. The van der Waals surface area contributed by atoms with Crippen LogP contribution < -0.4 is 0 Å². The molecule has 198 valence electrons. The summed E-state index contributed by atoms with van der Waals surface area (Å²) in [6.45, 7) is 16.5. The minimum Gasteiger partial charge on any atom is -0.466 e. The van der Waals surface area contributed by atoms with Crippen LogP contribution in [-0.4, -0.2) is 48.3 Å². The molecule has 0 amide bonds. The quantitative estimate of drug-likeness (QED) is 0.244. The summed E-state index contributed by atoms with van der Waals surface area (Å²) < 4.78 is 16.4. The summed E-state index contributed by atoms with van der Waals surface area (Å²) in [6, 6.07) is 0. The van der Waals surface area contributed by atoms with Crippen LogP contribution in [0.2, 0.25) is 0 Å². The van der Waals surface area contributed by atoms with Gasteiger partial charge in [-0.3, -0.25) is 19.2 Å². The van der Waals surface area contributed by atoms with Gasteiger partial charge >= 0.3 is 17.9 Å². The molecule has 0 aromatic heterocycles. The molecule has 0 aromatic carbocycles. The lowest BCUT2D eigenvalue weighted by molar-refractivity contribution is -0.249. The molecule has 8 atom stereocenters. The molecule has 1 saturated heterocycles. The minimum absolute atomic E-state index is 0.0959. The maximum Gasteiger partial charge on any atom is 0.358 e. The molecule has 0 unspecified atom stereocenters. The zero-order valence-corrected chi connectivity index (χ0v) is 22.6. The van der Waals surface area contributed by atoms with Crippen LogP contribution >= 0.6 is 0 Å². The molecule has 3 saturated carbocycles. The van der Waals surface area contributed by atoms with Crippen LogP contribution in [-0.2, 0) is 38.2 Å². The van der Waals surface area contributed by atoms with E-state index in [4.69, 9.17) is 14.2 Å². The van der Waals surface area contributed by atoms with E-state index in [-0.39, 0.29) is 23.0 Å². The average molecular weight is 503 g/mol. The number of hydrogen-bond acceptors (Lipinski definition) is 8. The van der Waals surface area contributed by atoms with Gasteiger partial charge < -0.3 is 14.2 Å². The summed E-state index contributed by atoms with van der Waals surface area (Å²) in [6.07, 6.45) is 1.10. The first-order chi connectivity index (χ1) is 16.4. The fourth-order valence-electron chi connectivity index (χ4n) is 8.69. The number of hydrogen-bond donors (Lipinski definition) is 0. The number of esters is 3. The number of rotatable bonds is 2. The van der Waals surface area contributed by atoms with Gasteiger partial charge in [-0.25, -0.2) is 4.79 Å². The SMILES string of the molecule is C=C1C[C@@H]2[C@]3(C)CCC(=O)C(C)(C)[C@@H]3C[C@H](OC(C)=O)[C@]2(C)[C@@H]2C(=O)O[C@@](C)(C(=O)OC)C(=O)[C@@]12C. The van der Waals surface area contributed by atoms with Crippen molar-refractivity contribution in [1.82, 2.24) is 0 Å². The smallest absolute Gasteiger partial charge is 0.358 e. The number of fused-ring (bicyclic) bond motifs is 5. The highest BCUT2D eigenvalue weighted by Gasteiger charge is 2.76. The number of carbonyl (C=O) groups is 5. The zero-order valence-electron chi connectivity index (χ0n) is 22.6. The van der Waals surface area contributed by atoms with E-state index in [0.717, 1.165) is 7.11 Å². The third-order valence-electron chi connectivity index (χ3n) is 10.7. The molecule has 4 aliphatic rings. The molecule has 1 aliphatic heterocycles. The van der Waals surface area contributed by atoms with Crippen LogP contribution in [0.25, 0.3) is 0 Å². The predicted molar refractivity (Wildman–Crippen MR) is 128 cm³/mol. The third-order valence-corrected chi connectivity index (χ3v) is 10.7. The monoisotopic (exact) mass is 502 g/mol. The molecular weight excluding hydrogens is 464 g/mol. The zero-order chi connectivity index (χ0) is 27.2. The van der Waals surface area contributed by atoms with Gasteiger partial charge in [0.05, 0.1) is 18.4 Å². The van der Waals surface area contributed by atoms with Crippen LogP contribution in [0.3, 0.4) is 0 Å². The van der Waals surface area contributed by atoms with E-state index in [1.807, 2.05) is 20.8 Å². The first-order valence-corrected chi connectivity index (χ1v) is 12.7. The van der Waals surface area contributed by atoms with Crippen molar-refractivity contribution in [3.05, 3.63) is 12.2 Å². The molecule has 36 heavy (non-hydrogen) atoms. The molecule has 4 rings (SSSR count). The molecule has 4 fully saturated rings. The largest absolute Gasteiger partial charge is 0.466 e. The Labute approximate surface area is 212 Å². The number of ketones is 2. The molecule has 0 spiro atoms. The Morgan fingerprint density at radius 2 is 1.64 bits per heavy atom. The van der Waals surface area contributed by atoms with Crippen LogP contribution in [0.15, 0.2) is 12.2 Å². The molecule has 0 bridgehead atoms. The Morgan fingerprint density at radius 1 is 1.03 bits per heavy atom. The summed E-state index contributed by atoms with van der Waals surface area (Å²) >= 11 is 0. The lowest BCUT2D eigenvalue weighted by Crippen LogP contribution is -2.74. The Bertz CT molecular complexity index is 1090. The van der Waals surface area contributed by atoms with Crippen molar-refractivity contribution >= 4 is 29.5 Å². The highest BCUT2D eigenvalue weighted by atomic mass is 16.6. The van der Waals surface area contributed by atoms with E-state index in [0.29, 0.717) is 31.3 Å². The summed E-state index contributed by atoms with van der Waals surface area (Å²) in [4.78, 5) is 65.9. The Balaban J connectivity index is 1.94. The Kier molecular flexibility index (Phi) is 5.71. The second-order valence-corrected chi connectivity index (χ2v) is 12.7. The van der Waals surface area contributed by atoms with Gasteiger partial charge in [0.1, 0.15) is 11.9 Å². The van der Waals surface area contributed by atoms with Gasteiger partial charge in [0.25, 0.3) is 5.60 Å². The van der Waals surface area contributed by atoms with Crippen LogP contribution in [0.1, 0.15) is 74.1 Å². The summed E-state index contributed by atoms with van der Waals surface area (Å²) in [5.41, 5.74) is -4.98. The van der Waals surface area contributed by atoms with Gasteiger partial charge in [-0.15, -0.1) is 0 Å². The fourth-order valence-corrected chi connectivity index (χ4v) is 8.69. The number of allylic oxidation sites excluding steroid dienone is 1. The van der Waals surface area contributed by atoms with Crippen LogP contribution in [0.5, 0.6) is 0 Å². The fraction of sp³-hybridized carbons (Fsp3) is 0.750. The highest BCUT2D eigenvalue weighted by molar-refractivity contribution is 6.15. The second-order valence-electron chi connectivity index (χ2n) is 12.7. The first kappa shape index (κ1) is 26.6. The molecule has 1 heterocycles. The van der Waals surface area contributed by atoms with E-state index in [1.165, 1.54) is 13.8 Å². The number of ether oxygens (including phenoxy) is 3. The number of cyclic esters (lactones) is 1. The lowest BCUT2D eigenvalue weighted by atomic mass is 9.35. The van der Waals surface area contributed by atoms with E-state index >= 15 is 0 Å². The molecule has 0 aromatic rings. The van der Waals surface area contributed by atoms with E-state index in [9.17, 15) is 24.0 Å². The van der Waals surface area contributed by atoms with Gasteiger partial charge in [0.2, 0.25) is 0 Å². The van der Waals surface area contributed by atoms with Crippen molar-refractivity contribution in [3.8, 4) is 0 Å². The molecular formula is C28H38O8. The topological polar surface area (TPSA) is 113 Å². The number of Topliss-reactive ketones (excluding diaryl/α,β-unsaturated/α-hetero) is 2. The van der Waals surface area contributed by atoms with Crippen molar-refractivity contribution < 1.29 is 38.2 Å². The van der Waals surface area contributed by atoms with Gasteiger partial charge in [0.15, 0.2) is 5.78 Å². The maximum absolute atomic E-state index is 14.0. The number of carbonyl (C=O) groups excluding carboxylic acids is 5. The molecule has 3 aliphatic carbocycles. The minimum atomic E-state index is -2.10. The van der Waals surface area contributed by atoms with E-state index < -0.39 is 57.6 Å². The third kappa shape index (κ3) is 3.02. The normalized spacial score (nSPS) is 45.6. The van der Waals surface area contributed by atoms with Crippen molar-refractivity contribution in [1.29, 1.82) is 0 Å². The van der Waals surface area contributed by atoms with Gasteiger partial charge in [-0.2, -0.15) is 0 Å². The van der Waals surface area contributed by atoms with Crippen LogP contribution in [0.4, 0.5) is 0 Å². The van der Waals surface area contributed by atoms with Crippen molar-refractivity contribution in [2.45, 2.75) is 85.9 Å². The first-order valence-electron chi connectivity index (χ1n) is 12.7. The van der Waals surface area contributed by atoms with Gasteiger partial charge in [0, 0.05) is 24.2 Å². The number of methoxy groups -OCH3 is 1. The summed E-state index contributed by atoms with van der Waals surface area (Å²) in [5.74, 6) is -3.88. The predicted octanol–water partition coefficient (Wildman–Crippen LogP) is 3.60. The average Bonchev–Trinajstić information content (AvgIpc) is 2.78. The van der Waals surface area contributed by atoms with Gasteiger partial charge in [-0.05, 0) is 50.4 Å². The Hall–Kier alpha value is -2.51. The maximum atomic E-state index is 14.0. The second kappa shape index (κ2) is 7.75. The standard InChI is InChI=1S/C28H38O8/c1-14-12-17-25(5)11-10-18(30)24(3,4)16(25)13-19(35-15(2)29)27(17,7)20-21(31)36-28(8,23(33)34-9)22(32)26(14,20)6/h16-17,19-20H,1,10-13H2,2-9H3/t16-,17+,19-,20+,25+,26-,27+,28+/m0/s1. The van der Waals surface area contributed by atoms with Crippen molar-refractivity contribution in [2.75, 3.05) is 7.11 Å². The molecule has 0 N–H and O–H groups in total. The lowest BCUT2D eigenvalue weighted by Gasteiger charge is -2.69. The highest BCUT2D eigenvalue weighted by Crippen LogP contribution is 2.72. The van der Waals surface area contributed by atoms with Crippen molar-refractivity contribution in [3.63, 3.8) is 0 Å². The van der Waals surface area contributed by atoms with E-state index in [2.05, 4.69) is 13.5 Å². The van der Waals surface area contributed by atoms with Gasteiger partial charge in [-0.1, -0.05) is 39.8 Å². The summed E-state index contributed by atoms with van der Waals surface area (Å²) in [7, 11) is 1.14. The Morgan fingerprint density at radius 3 is 2.19 bits per heavy atom.